The van der Waals surface area contributed by atoms with E-state index in [9.17, 15) is 19.6 Å². The highest BCUT2D eigenvalue weighted by Crippen LogP contribution is 2.32. The molecule has 0 unspecified atom stereocenters. The number of carbonyl (C=O) groups excluding carboxylic acids is 3. The predicted octanol–water partition coefficient (Wildman–Crippen LogP) is 6.62. The van der Waals surface area contributed by atoms with Crippen LogP contribution in [0.2, 0.25) is 5.02 Å². The molecule has 250 valence electrons. The van der Waals surface area contributed by atoms with Crippen LogP contribution in [0.4, 0.5) is 0 Å². The summed E-state index contributed by atoms with van der Waals surface area (Å²) in [5.74, 6) is 0.111. The highest BCUT2D eigenvalue weighted by Gasteiger charge is 2.19. The van der Waals surface area contributed by atoms with Gasteiger partial charge in [-0.2, -0.15) is 5.26 Å². The molecule has 0 aliphatic rings. The van der Waals surface area contributed by atoms with E-state index < -0.39 is 11.9 Å². The van der Waals surface area contributed by atoms with E-state index in [0.29, 0.717) is 74.4 Å². The number of nitriles is 1. The van der Waals surface area contributed by atoms with Crippen molar-refractivity contribution in [2.45, 2.75) is 20.8 Å². The molecule has 0 bridgehead atoms. The fourth-order valence-corrected chi connectivity index (χ4v) is 5.37. The van der Waals surface area contributed by atoms with Crippen molar-refractivity contribution in [3.05, 3.63) is 99.0 Å². The first-order valence-corrected chi connectivity index (χ1v) is 16.4. The second-order valence-corrected chi connectivity index (χ2v) is 12.7. The summed E-state index contributed by atoms with van der Waals surface area (Å²) in [6, 6.07) is 20.6. The number of aromatic nitrogens is 1. The molecule has 0 N–H and O–H groups in total. The van der Waals surface area contributed by atoms with Gasteiger partial charge in [-0.05, 0) is 86.6 Å². The number of aryl methyl sites for hydroxylation is 1. The molecule has 3 aromatic carbocycles. The fourth-order valence-electron chi connectivity index (χ4n) is 4.28. The van der Waals surface area contributed by atoms with E-state index in [4.69, 9.17) is 30.5 Å². The Morgan fingerprint density at radius 1 is 0.938 bits per heavy atom. The largest absolute Gasteiger partial charge is 0.492 e. The first kappa shape index (κ1) is 36.1. The number of nitrogens with zero attached hydrogens (tertiary/aromatic N) is 3. The predicted molar refractivity (Wildman–Crippen MR) is 183 cm³/mol. The first-order valence-electron chi connectivity index (χ1n) is 15.2. The van der Waals surface area contributed by atoms with Gasteiger partial charge in [0.1, 0.15) is 40.7 Å². The molecule has 0 aliphatic carbocycles. The number of halogens is 1. The number of ketones is 1. The van der Waals surface area contributed by atoms with Gasteiger partial charge in [0.25, 0.3) is 0 Å². The molecular weight excluding hydrogens is 654 g/mol. The zero-order chi connectivity index (χ0) is 34.6. The van der Waals surface area contributed by atoms with Gasteiger partial charge in [0.2, 0.25) is 0 Å². The summed E-state index contributed by atoms with van der Waals surface area (Å²) >= 11 is 7.09. The number of hydrogen-bond donors (Lipinski definition) is 0. The lowest BCUT2D eigenvalue weighted by Crippen LogP contribution is -2.29. The van der Waals surface area contributed by atoms with Crippen LogP contribution in [0.3, 0.4) is 0 Å². The van der Waals surface area contributed by atoms with Crippen molar-refractivity contribution in [2.24, 2.45) is 5.92 Å². The maximum absolute atomic E-state index is 12.8. The number of hydrogen-bond acceptors (Lipinski definition) is 11. The number of likely N-dealkylation sites (N-methyl/N-ethyl adjacent to an activating group) is 1. The highest BCUT2D eigenvalue weighted by atomic mass is 35.5. The summed E-state index contributed by atoms with van der Waals surface area (Å²) in [6.45, 7) is 7.15. The SMILES string of the molecule is Cc1nc(-c2ccc(OCC(C)C)c(C#N)c2)sc1C(=O)OCCN(C)CCOC(=O)COc1ccc(C(=O)c2ccc(Cl)cc2)cc1. The standard InChI is InChI=1S/C36H36ClN3O7S/c1-23(2)21-47-31-14-9-27(19-28(31)20-38)35-39-24(3)34(48-35)36(43)45-18-16-40(4)15-17-44-32(41)22-46-30-12-7-26(8-13-30)33(42)25-5-10-29(37)11-6-25/h5-14,19,23H,15-18,21-22H2,1-4H3. The zero-order valence-corrected chi connectivity index (χ0v) is 28.7. The topological polar surface area (TPSA) is 128 Å². The molecule has 0 atom stereocenters. The van der Waals surface area contributed by atoms with Crippen LogP contribution in [0.5, 0.6) is 11.5 Å². The van der Waals surface area contributed by atoms with Crippen molar-refractivity contribution in [3.8, 4) is 28.1 Å². The van der Waals surface area contributed by atoms with E-state index in [2.05, 4.69) is 11.1 Å². The average molecular weight is 690 g/mol. The Labute approximate surface area is 288 Å². The highest BCUT2D eigenvalue weighted by molar-refractivity contribution is 7.17. The second kappa shape index (κ2) is 17.4. The maximum atomic E-state index is 12.8. The van der Waals surface area contributed by atoms with Crippen LogP contribution in [-0.4, -0.2) is 74.2 Å². The molecular formula is C36H36ClN3O7S. The van der Waals surface area contributed by atoms with Crippen LogP contribution < -0.4 is 9.47 Å². The minimum absolute atomic E-state index is 0.129. The van der Waals surface area contributed by atoms with Crippen LogP contribution in [-0.2, 0) is 14.3 Å². The lowest BCUT2D eigenvalue weighted by atomic mass is 10.0. The van der Waals surface area contributed by atoms with Crippen LogP contribution in [0.15, 0.2) is 66.7 Å². The lowest BCUT2D eigenvalue weighted by molar-refractivity contribution is -0.146. The van der Waals surface area contributed by atoms with Crippen molar-refractivity contribution in [2.75, 3.05) is 46.6 Å². The van der Waals surface area contributed by atoms with Gasteiger partial charge >= 0.3 is 11.9 Å². The zero-order valence-electron chi connectivity index (χ0n) is 27.2. The Balaban J connectivity index is 1.15. The van der Waals surface area contributed by atoms with Crippen molar-refractivity contribution in [3.63, 3.8) is 0 Å². The second-order valence-electron chi connectivity index (χ2n) is 11.3. The third-order valence-electron chi connectivity index (χ3n) is 6.92. The molecule has 12 heteroatoms. The molecule has 0 aliphatic heterocycles. The van der Waals surface area contributed by atoms with E-state index in [1.54, 1.807) is 67.6 Å². The quantitative estimate of drug-likeness (QED) is 0.0935. The Kier molecular flexibility index (Phi) is 13.1. The molecule has 0 saturated carbocycles. The number of carbonyl (C=O) groups is 3. The van der Waals surface area contributed by atoms with Crippen LogP contribution in [0, 0.1) is 24.2 Å². The number of thiazole rings is 1. The molecule has 10 nitrogen and oxygen atoms in total. The number of esters is 2. The van der Waals surface area contributed by atoms with Crippen LogP contribution in [0.25, 0.3) is 10.6 Å². The van der Waals surface area contributed by atoms with E-state index >= 15 is 0 Å². The van der Waals surface area contributed by atoms with Gasteiger partial charge in [-0.25, -0.2) is 14.6 Å². The van der Waals surface area contributed by atoms with E-state index in [1.165, 1.54) is 11.3 Å². The molecule has 4 aromatic rings. The fraction of sp³-hybridized carbons (Fsp3) is 0.306. The van der Waals surface area contributed by atoms with E-state index in [-0.39, 0.29) is 25.6 Å². The van der Waals surface area contributed by atoms with Gasteiger partial charge in [-0.1, -0.05) is 25.4 Å². The van der Waals surface area contributed by atoms with Gasteiger partial charge in [0.15, 0.2) is 12.4 Å². The Hall–Kier alpha value is -4.76. The third kappa shape index (κ3) is 10.4. The average Bonchev–Trinajstić information content (AvgIpc) is 3.48. The maximum Gasteiger partial charge on any atom is 0.350 e. The summed E-state index contributed by atoms with van der Waals surface area (Å²) < 4.78 is 22.0. The molecule has 48 heavy (non-hydrogen) atoms. The monoisotopic (exact) mass is 689 g/mol. The van der Waals surface area contributed by atoms with E-state index in [0.717, 1.165) is 5.56 Å². The number of benzene rings is 3. The van der Waals surface area contributed by atoms with Gasteiger partial charge in [0.05, 0.1) is 17.9 Å². The molecule has 1 heterocycles. The minimum atomic E-state index is -0.535. The molecule has 0 saturated heterocycles. The Bertz CT molecular complexity index is 1770. The normalized spacial score (nSPS) is 10.9. The van der Waals surface area contributed by atoms with Crippen LogP contribution >= 0.6 is 22.9 Å². The van der Waals surface area contributed by atoms with Gasteiger partial charge in [0, 0.05) is 34.8 Å². The molecule has 0 amide bonds. The molecule has 0 spiro atoms. The molecule has 4 rings (SSSR count). The summed E-state index contributed by atoms with van der Waals surface area (Å²) in [5, 5.41) is 10.7. The summed E-state index contributed by atoms with van der Waals surface area (Å²) in [6.07, 6.45) is 0. The van der Waals surface area contributed by atoms with Crippen molar-refractivity contribution in [1.29, 1.82) is 5.26 Å². The summed E-state index contributed by atoms with van der Waals surface area (Å²) in [5.41, 5.74) is 2.67. The number of rotatable bonds is 16. The van der Waals surface area contributed by atoms with Gasteiger partial charge in [-0.15, -0.1) is 11.3 Å². The van der Waals surface area contributed by atoms with E-state index in [1.807, 2.05) is 31.9 Å². The summed E-state index contributed by atoms with van der Waals surface area (Å²) in [7, 11) is 1.82. The Morgan fingerprint density at radius 2 is 1.58 bits per heavy atom. The summed E-state index contributed by atoms with van der Waals surface area (Å²) in [4.78, 5) is 44.3. The minimum Gasteiger partial charge on any atom is -0.492 e. The number of ether oxygens (including phenoxy) is 4. The van der Waals surface area contributed by atoms with Gasteiger partial charge in [-0.3, -0.25) is 9.69 Å². The Morgan fingerprint density at radius 3 is 2.23 bits per heavy atom. The third-order valence-corrected chi connectivity index (χ3v) is 8.36. The molecule has 0 fully saturated rings. The van der Waals surface area contributed by atoms with Crippen molar-refractivity contribution < 1.29 is 33.3 Å². The smallest absolute Gasteiger partial charge is 0.350 e. The van der Waals surface area contributed by atoms with Crippen molar-refractivity contribution >= 4 is 40.7 Å². The molecule has 1 aromatic heterocycles. The lowest BCUT2D eigenvalue weighted by Gasteiger charge is -2.16. The molecule has 0 radical (unpaired) electrons. The first-order chi connectivity index (χ1) is 23.0. The van der Waals surface area contributed by atoms with Crippen molar-refractivity contribution in [1.82, 2.24) is 9.88 Å². The van der Waals surface area contributed by atoms with Gasteiger partial charge < -0.3 is 18.9 Å². The van der Waals surface area contributed by atoms with Crippen LogP contribution in [0.1, 0.15) is 50.7 Å².